The summed E-state index contributed by atoms with van der Waals surface area (Å²) < 4.78 is 9.86. The first kappa shape index (κ1) is 47.9. The number of furan rings is 1. The van der Waals surface area contributed by atoms with Crippen LogP contribution in [-0.4, -0.2) is 7.28 Å². The number of anilines is 5. The van der Waals surface area contributed by atoms with Crippen LogP contribution in [0.4, 0.5) is 28.4 Å². The molecule has 1 aliphatic heterocycles. The summed E-state index contributed by atoms with van der Waals surface area (Å²) >= 11 is 1.94. The summed E-state index contributed by atoms with van der Waals surface area (Å²) in [5.74, 6) is 0. The first-order valence-electron chi connectivity index (χ1n) is 26.9. The molecular formula is C68H72BN2OS. The lowest BCUT2D eigenvalue weighted by Crippen LogP contribution is -2.39. The zero-order valence-corrected chi connectivity index (χ0v) is 46.6. The van der Waals surface area contributed by atoms with E-state index < -0.39 is 0 Å². The lowest BCUT2D eigenvalue weighted by atomic mass is 9.61. The smallest absolute Gasteiger partial charge is 0.212 e. The Bertz CT molecular complexity index is 3720. The van der Waals surface area contributed by atoms with Gasteiger partial charge in [-0.3, -0.25) is 0 Å². The third-order valence-electron chi connectivity index (χ3n) is 17.6. The van der Waals surface area contributed by atoms with Crippen LogP contribution in [0.5, 0.6) is 0 Å². The van der Waals surface area contributed by atoms with Crippen molar-refractivity contribution in [1.29, 1.82) is 0 Å². The molecule has 0 spiro atoms. The van der Waals surface area contributed by atoms with Crippen molar-refractivity contribution in [3.8, 4) is 22.3 Å². The summed E-state index contributed by atoms with van der Waals surface area (Å²) in [6, 6.07) is 48.9. The Labute approximate surface area is 439 Å². The maximum absolute atomic E-state index is 7.28. The summed E-state index contributed by atoms with van der Waals surface area (Å²) in [4.78, 5) is 2.63. The average Bonchev–Trinajstić information content (AvgIpc) is 3.90. The van der Waals surface area contributed by atoms with E-state index in [1.54, 1.807) is 0 Å². The van der Waals surface area contributed by atoms with E-state index in [9.17, 15) is 0 Å². The predicted molar refractivity (Wildman–Crippen MR) is 317 cm³/mol. The number of benzene rings is 7. The molecule has 1 radical (unpaired) electrons. The van der Waals surface area contributed by atoms with Gasteiger partial charge in [-0.25, -0.2) is 0 Å². The van der Waals surface area contributed by atoms with Crippen molar-refractivity contribution < 1.29 is 4.42 Å². The second-order valence-corrected chi connectivity index (χ2v) is 27.7. The van der Waals surface area contributed by atoms with E-state index >= 15 is 0 Å². The van der Waals surface area contributed by atoms with Crippen molar-refractivity contribution in [3.05, 3.63) is 161 Å². The van der Waals surface area contributed by atoms with E-state index in [0.29, 0.717) is 0 Å². The number of nitrogens with one attached hydrogen (secondary N) is 1. The highest BCUT2D eigenvalue weighted by Crippen LogP contribution is 2.55. The molecule has 0 saturated carbocycles. The van der Waals surface area contributed by atoms with Crippen LogP contribution >= 0.6 is 11.3 Å². The molecule has 73 heavy (non-hydrogen) atoms. The standard InChI is InChI=1S/C68H72BN2OS/c1-63(2,3)41-25-29-55(46(34-41)40-20-16-15-17-21-40)71-59-49-38-52-53(68(13,14)33-32-67(52,11)12)39-57(49)73-62(59)69-58-47(37-48-45-22-18-19-23-56(45)72-61(48)60(58)71)44-27-24-42(64(4,5)6)35-54(44)70-43-26-28-50-51(36-43)66(9,10)31-30-65(50,7)8/h15-29,34-39,70H,30-33H2,1-14H3. The molecule has 369 valence electrons. The van der Waals surface area contributed by atoms with Crippen LogP contribution in [0.25, 0.3) is 54.3 Å². The van der Waals surface area contributed by atoms with E-state index in [0.717, 1.165) is 56.6 Å². The van der Waals surface area contributed by atoms with Crippen molar-refractivity contribution >= 4 is 89.3 Å². The topological polar surface area (TPSA) is 28.4 Å². The normalized spacial score (nSPS) is 17.5. The van der Waals surface area contributed by atoms with Gasteiger partial charge in [0.15, 0.2) is 5.58 Å². The van der Waals surface area contributed by atoms with Crippen LogP contribution in [-0.2, 0) is 32.5 Å². The number of nitrogens with zero attached hydrogens (tertiary/aromatic N) is 1. The quantitative estimate of drug-likeness (QED) is 0.174. The van der Waals surface area contributed by atoms with Gasteiger partial charge < -0.3 is 14.6 Å². The van der Waals surface area contributed by atoms with E-state index in [1.165, 1.54) is 95.4 Å². The van der Waals surface area contributed by atoms with Crippen molar-refractivity contribution in [2.75, 3.05) is 10.2 Å². The van der Waals surface area contributed by atoms with Crippen LogP contribution in [0.2, 0.25) is 0 Å². The Morgan fingerprint density at radius 1 is 0.521 bits per heavy atom. The van der Waals surface area contributed by atoms with Gasteiger partial charge in [-0.05, 0) is 168 Å². The molecule has 3 nitrogen and oxygen atoms in total. The second kappa shape index (κ2) is 16.2. The van der Waals surface area contributed by atoms with Gasteiger partial charge in [0.2, 0.25) is 7.28 Å². The van der Waals surface area contributed by atoms with E-state index in [4.69, 9.17) is 4.42 Å². The fraction of sp³-hybridized carbons (Fsp3) is 0.353. The van der Waals surface area contributed by atoms with E-state index in [-0.39, 0.29) is 32.5 Å². The molecular weight excluding hydrogens is 904 g/mol. The molecule has 12 rings (SSSR count). The molecule has 2 aliphatic carbocycles. The molecule has 0 amide bonds. The lowest BCUT2D eigenvalue weighted by molar-refractivity contribution is 0.332. The molecule has 5 heteroatoms. The highest BCUT2D eigenvalue weighted by molar-refractivity contribution is 7.29. The van der Waals surface area contributed by atoms with Crippen molar-refractivity contribution in [2.45, 2.75) is 155 Å². The second-order valence-electron chi connectivity index (χ2n) is 26.6. The largest absolute Gasteiger partial charge is 0.454 e. The van der Waals surface area contributed by atoms with E-state index in [1.807, 2.05) is 11.3 Å². The first-order chi connectivity index (χ1) is 34.4. The number of fused-ring (bicyclic) bond motifs is 10. The molecule has 3 aliphatic rings. The molecule has 0 atom stereocenters. The van der Waals surface area contributed by atoms with Gasteiger partial charge in [-0.2, -0.15) is 0 Å². The highest BCUT2D eigenvalue weighted by atomic mass is 32.1. The van der Waals surface area contributed by atoms with Crippen LogP contribution in [0, 0.1) is 0 Å². The fourth-order valence-electron chi connectivity index (χ4n) is 12.6. The highest BCUT2D eigenvalue weighted by Gasteiger charge is 2.41. The Morgan fingerprint density at radius 2 is 1.12 bits per heavy atom. The molecule has 1 N–H and O–H groups in total. The summed E-state index contributed by atoms with van der Waals surface area (Å²) in [5, 5.41) is 7.65. The van der Waals surface area contributed by atoms with E-state index in [2.05, 4.69) is 242 Å². The Kier molecular flexibility index (Phi) is 10.7. The maximum Gasteiger partial charge on any atom is 0.212 e. The minimum absolute atomic E-state index is 0.0460. The Hall–Kier alpha value is -6.04. The van der Waals surface area contributed by atoms with Gasteiger partial charge in [0.05, 0.1) is 17.1 Å². The lowest BCUT2D eigenvalue weighted by Gasteiger charge is -2.42. The van der Waals surface area contributed by atoms with Gasteiger partial charge in [-0.15, -0.1) is 11.3 Å². The maximum atomic E-state index is 7.28. The number of hydrogen-bond acceptors (Lipinski definition) is 4. The Balaban J connectivity index is 1.19. The molecule has 7 aromatic carbocycles. The van der Waals surface area contributed by atoms with Gasteiger partial charge in [0.1, 0.15) is 5.58 Å². The summed E-state index contributed by atoms with van der Waals surface area (Å²) in [6.07, 6.45) is 4.69. The van der Waals surface area contributed by atoms with Crippen molar-refractivity contribution in [2.24, 2.45) is 0 Å². The van der Waals surface area contributed by atoms with Crippen LogP contribution < -0.4 is 20.5 Å². The zero-order valence-electron chi connectivity index (χ0n) is 45.8. The number of para-hydroxylation sites is 1. The van der Waals surface area contributed by atoms with Crippen LogP contribution in [0.15, 0.2) is 132 Å². The number of hydrogen-bond donors (Lipinski definition) is 1. The predicted octanol–water partition coefficient (Wildman–Crippen LogP) is 18.6. The Morgan fingerprint density at radius 3 is 1.81 bits per heavy atom. The molecule has 0 fully saturated rings. The van der Waals surface area contributed by atoms with Gasteiger partial charge in [0.25, 0.3) is 0 Å². The SMILES string of the molecule is CC(C)(C)c1ccc(-c2cc3c(oc4ccccc43)c3c2[B]c2sc4cc5c(cc4c2N3c2ccc(C(C)(C)C)cc2-c2ccccc2)C(C)(C)CCC5(C)C)c(Nc2ccc3c(c2)C(C)(C)CCC3(C)C)c1. The molecule has 9 aromatic rings. The zero-order chi connectivity index (χ0) is 51.4. The molecule has 0 bridgehead atoms. The van der Waals surface area contributed by atoms with Crippen LogP contribution in [0.3, 0.4) is 0 Å². The van der Waals surface area contributed by atoms with Crippen molar-refractivity contribution in [3.63, 3.8) is 0 Å². The fourth-order valence-corrected chi connectivity index (χ4v) is 13.8. The third kappa shape index (κ3) is 7.80. The monoisotopic (exact) mass is 976 g/mol. The van der Waals surface area contributed by atoms with Crippen LogP contribution in [0.1, 0.15) is 156 Å². The van der Waals surface area contributed by atoms with Gasteiger partial charge in [0, 0.05) is 43.4 Å². The van der Waals surface area contributed by atoms with Crippen molar-refractivity contribution in [1.82, 2.24) is 0 Å². The molecule has 0 unspecified atom stereocenters. The third-order valence-corrected chi connectivity index (χ3v) is 18.7. The number of thiophene rings is 1. The minimum atomic E-state index is -0.0643. The van der Waals surface area contributed by atoms with Gasteiger partial charge >= 0.3 is 0 Å². The first-order valence-corrected chi connectivity index (χ1v) is 27.7. The van der Waals surface area contributed by atoms with Gasteiger partial charge in [-0.1, -0.05) is 170 Å². The summed E-state index contributed by atoms with van der Waals surface area (Å²) in [5.41, 5.74) is 22.1. The average molecular weight is 976 g/mol. The summed E-state index contributed by atoms with van der Waals surface area (Å²) in [7, 11) is 2.51. The molecule has 2 aromatic heterocycles. The minimum Gasteiger partial charge on any atom is -0.454 e. The molecule has 0 saturated heterocycles. The summed E-state index contributed by atoms with van der Waals surface area (Å²) in [6.45, 7) is 33.4. The number of rotatable bonds is 5. The molecule has 3 heterocycles.